The van der Waals surface area contributed by atoms with Crippen molar-refractivity contribution in [1.82, 2.24) is 0 Å². The molecule has 0 aromatic heterocycles. The molecule has 0 spiro atoms. The molecule has 13 heavy (non-hydrogen) atoms. The van der Waals surface area contributed by atoms with Crippen LogP contribution in [0.25, 0.3) is 0 Å². The normalized spacial score (nSPS) is 29.5. The number of hydrogen-bond acceptors (Lipinski definition) is 2. The zero-order valence-electron chi connectivity index (χ0n) is 7.61. The number of rotatable bonds is 1. The average Bonchev–Trinajstić information content (AvgIpc) is 1.75. The van der Waals surface area contributed by atoms with Crippen LogP contribution < -0.4 is 0 Å². The molecule has 6 heteroatoms. The Bertz CT molecular complexity index is 231. The van der Waals surface area contributed by atoms with Crippen molar-refractivity contribution >= 4 is 54.0 Å². The van der Waals surface area contributed by atoms with Gasteiger partial charge in [0.25, 0.3) is 0 Å². The Hall–Kier alpha value is 0.883. The van der Waals surface area contributed by atoms with Gasteiger partial charge in [0.05, 0.1) is 0 Å². The van der Waals surface area contributed by atoms with E-state index in [0.717, 1.165) is 0 Å². The van der Waals surface area contributed by atoms with Gasteiger partial charge in [-0.1, -0.05) is 0 Å². The fourth-order valence-electron chi connectivity index (χ4n) is 1.38. The van der Waals surface area contributed by atoms with E-state index in [9.17, 15) is 4.79 Å². The van der Waals surface area contributed by atoms with Gasteiger partial charge in [-0.3, -0.25) is 0 Å². The molecule has 1 saturated heterocycles. The number of esters is 1. The summed E-state index contributed by atoms with van der Waals surface area (Å²) in [5, 5.41) is 0. The third-order valence-electron chi connectivity index (χ3n) is 2.06. The van der Waals surface area contributed by atoms with Gasteiger partial charge >= 0.3 is 95.5 Å². The third-order valence-corrected chi connectivity index (χ3v) is 7.75. The second-order valence-corrected chi connectivity index (χ2v) is 17.8. The van der Waals surface area contributed by atoms with Crippen molar-refractivity contribution in [1.29, 1.82) is 0 Å². The molecule has 0 amide bonds. The summed E-state index contributed by atoms with van der Waals surface area (Å²) < 4.78 is 3.23. The molecule has 1 heterocycles. The first kappa shape index (κ1) is 12.0. The molecular formula is C7H11Cl3GeO2. The predicted molar refractivity (Wildman–Crippen MR) is 57.3 cm³/mol. The van der Waals surface area contributed by atoms with E-state index < -0.39 is 23.2 Å². The van der Waals surface area contributed by atoms with Gasteiger partial charge in [0, 0.05) is 0 Å². The van der Waals surface area contributed by atoms with E-state index in [1.807, 2.05) is 0 Å². The topological polar surface area (TPSA) is 26.3 Å². The van der Waals surface area contributed by atoms with E-state index in [0.29, 0.717) is 0 Å². The minimum absolute atomic E-state index is 0.146. The molecule has 2 nitrogen and oxygen atoms in total. The monoisotopic (exact) mass is 306 g/mol. The van der Waals surface area contributed by atoms with Crippen molar-refractivity contribution in [2.75, 3.05) is 0 Å². The number of cyclic esters (lactones) is 1. The van der Waals surface area contributed by atoms with E-state index >= 15 is 0 Å². The van der Waals surface area contributed by atoms with Gasteiger partial charge in [0.1, 0.15) is 0 Å². The molecule has 0 aliphatic carbocycles. The van der Waals surface area contributed by atoms with Crippen LogP contribution in [0.15, 0.2) is 0 Å². The SMILES string of the molecule is [CH3][Ge]([CH3])([CH3])[C@@H]1C(=O)O[C@H]1C(Cl)(Cl)Cl. The molecule has 1 aliphatic heterocycles. The first-order valence-corrected chi connectivity index (χ1v) is 12.5. The summed E-state index contributed by atoms with van der Waals surface area (Å²) in [4.78, 5) is 11.2. The number of halogens is 3. The van der Waals surface area contributed by atoms with Crippen LogP contribution in [0.5, 0.6) is 0 Å². The fourth-order valence-corrected chi connectivity index (χ4v) is 6.76. The minimum atomic E-state index is -2.13. The zero-order valence-corrected chi connectivity index (χ0v) is 12.0. The molecule has 0 saturated carbocycles. The Kier molecular flexibility index (Phi) is 3.19. The Morgan fingerprint density at radius 3 is 1.92 bits per heavy atom. The second-order valence-electron chi connectivity index (χ2n) is 4.24. The van der Waals surface area contributed by atoms with Crippen LogP contribution >= 0.6 is 34.8 Å². The first-order chi connectivity index (χ1) is 5.64. The number of alkyl halides is 3. The van der Waals surface area contributed by atoms with Crippen LogP contribution in [0.3, 0.4) is 0 Å². The van der Waals surface area contributed by atoms with Crippen LogP contribution in [0.4, 0.5) is 0 Å². The van der Waals surface area contributed by atoms with Crippen molar-refractivity contribution < 1.29 is 9.53 Å². The van der Waals surface area contributed by atoms with Gasteiger partial charge in [-0.05, 0) is 0 Å². The van der Waals surface area contributed by atoms with Crippen LogP contribution in [-0.2, 0) is 9.53 Å². The molecule has 2 atom stereocenters. The molecular weight excluding hydrogens is 295 g/mol. The number of carbonyl (C=O) groups excluding carboxylic acids is 1. The second kappa shape index (κ2) is 3.47. The maximum absolute atomic E-state index is 11.2. The van der Waals surface area contributed by atoms with E-state index in [1.165, 1.54) is 0 Å². The van der Waals surface area contributed by atoms with Crippen LogP contribution in [0.1, 0.15) is 0 Å². The van der Waals surface area contributed by atoms with Crippen molar-refractivity contribution in [3.63, 3.8) is 0 Å². The number of hydrogen-bond donors (Lipinski definition) is 0. The number of ether oxygens (including phenoxy) is 1. The molecule has 0 radical (unpaired) electrons. The van der Waals surface area contributed by atoms with Crippen LogP contribution in [0, 0.1) is 0 Å². The number of carbonyl (C=O) groups is 1. The summed E-state index contributed by atoms with van der Waals surface area (Å²) in [6.07, 6.45) is -0.537. The summed E-state index contributed by atoms with van der Waals surface area (Å²) in [7, 11) is 0. The first-order valence-electron chi connectivity index (χ1n) is 3.91. The van der Waals surface area contributed by atoms with Crippen LogP contribution in [0.2, 0.25) is 22.0 Å². The van der Waals surface area contributed by atoms with Gasteiger partial charge in [-0.25, -0.2) is 0 Å². The Balaban J connectivity index is 2.79. The molecule has 1 fully saturated rings. The molecule has 0 unspecified atom stereocenters. The zero-order chi connectivity index (χ0) is 10.4. The molecule has 0 aromatic carbocycles. The van der Waals surface area contributed by atoms with E-state index in [1.54, 1.807) is 0 Å². The van der Waals surface area contributed by atoms with E-state index in [2.05, 4.69) is 17.3 Å². The summed E-state index contributed by atoms with van der Waals surface area (Å²) >= 11 is 14.9. The Morgan fingerprint density at radius 2 is 1.77 bits per heavy atom. The van der Waals surface area contributed by atoms with Gasteiger partial charge in [0.2, 0.25) is 0 Å². The molecule has 0 bridgehead atoms. The predicted octanol–water partition coefficient (Wildman–Crippen LogP) is 2.99. The molecule has 0 N–H and O–H groups in total. The van der Waals surface area contributed by atoms with E-state index in [4.69, 9.17) is 39.5 Å². The average molecular weight is 306 g/mol. The van der Waals surface area contributed by atoms with Crippen molar-refractivity contribution in [2.45, 2.75) is 31.9 Å². The van der Waals surface area contributed by atoms with Crippen molar-refractivity contribution in [2.24, 2.45) is 0 Å². The standard InChI is InChI=1S/C7H11Cl3GeO2/c1-11(2,3)4-5(7(8,9)10)13-6(4)12/h4-5H,1-3H3/t4-,5+/m0/s1. The summed E-state index contributed by atoms with van der Waals surface area (Å²) in [5.41, 5.74) is 0. The fraction of sp³-hybridized carbons (Fsp3) is 0.857. The van der Waals surface area contributed by atoms with Crippen LogP contribution in [-0.4, -0.2) is 29.1 Å². The molecule has 1 aliphatic rings. The summed E-state index contributed by atoms with van der Waals surface area (Å²) in [5.74, 6) is 6.11. The Morgan fingerprint density at radius 1 is 1.31 bits per heavy atom. The van der Waals surface area contributed by atoms with Gasteiger partial charge in [0.15, 0.2) is 0 Å². The molecule has 0 aromatic rings. The third kappa shape index (κ3) is 2.46. The van der Waals surface area contributed by atoms with Crippen molar-refractivity contribution in [3.05, 3.63) is 0 Å². The molecule has 1 rings (SSSR count). The summed E-state index contributed by atoms with van der Waals surface area (Å²) in [6, 6.07) is 0. The Labute approximate surface area is 95.2 Å². The molecule has 76 valence electrons. The summed E-state index contributed by atoms with van der Waals surface area (Å²) in [6.45, 7) is 0. The van der Waals surface area contributed by atoms with Gasteiger partial charge in [-0.15, -0.1) is 0 Å². The van der Waals surface area contributed by atoms with E-state index in [-0.39, 0.29) is 10.7 Å². The van der Waals surface area contributed by atoms with Gasteiger partial charge < -0.3 is 0 Å². The van der Waals surface area contributed by atoms with Gasteiger partial charge in [-0.2, -0.15) is 0 Å². The quantitative estimate of drug-likeness (QED) is 0.423. The van der Waals surface area contributed by atoms with Crippen molar-refractivity contribution in [3.8, 4) is 0 Å². The maximum atomic E-state index is 11.2.